The largest absolute Gasteiger partial charge is 0.494 e. The van der Waals surface area contributed by atoms with Gasteiger partial charge in [-0.25, -0.2) is 4.79 Å². The highest BCUT2D eigenvalue weighted by atomic mass is 35.5. The van der Waals surface area contributed by atoms with Crippen LogP contribution in [0.4, 0.5) is 10.5 Å². The summed E-state index contributed by atoms with van der Waals surface area (Å²) in [7, 11) is 0. The van der Waals surface area contributed by atoms with E-state index in [1.54, 1.807) is 6.20 Å². The van der Waals surface area contributed by atoms with Crippen molar-refractivity contribution in [3.05, 3.63) is 41.7 Å². The molecule has 2 aromatic rings. The van der Waals surface area contributed by atoms with Crippen molar-refractivity contribution in [1.29, 1.82) is 0 Å². The number of carbonyl (C=O) groups is 1. The summed E-state index contributed by atoms with van der Waals surface area (Å²) in [5.74, 6) is 0.810. The van der Waals surface area contributed by atoms with Gasteiger partial charge in [0, 0.05) is 24.0 Å². The second-order valence-corrected chi connectivity index (χ2v) is 7.38. The monoisotopic (exact) mass is 374 g/mol. The van der Waals surface area contributed by atoms with Crippen molar-refractivity contribution in [2.45, 2.75) is 50.7 Å². The van der Waals surface area contributed by atoms with Crippen LogP contribution in [-0.2, 0) is 0 Å². The van der Waals surface area contributed by atoms with Crippen LogP contribution in [0.5, 0.6) is 5.75 Å². The lowest BCUT2D eigenvalue weighted by molar-refractivity contribution is 0.129. The predicted octanol–water partition coefficient (Wildman–Crippen LogP) is 4.34. The van der Waals surface area contributed by atoms with E-state index in [4.69, 9.17) is 16.3 Å². The number of nitrogens with zero attached hydrogens (tertiary/aromatic N) is 3. The van der Waals surface area contributed by atoms with Crippen LogP contribution in [0.25, 0.3) is 0 Å². The van der Waals surface area contributed by atoms with Crippen molar-refractivity contribution in [2.75, 3.05) is 11.9 Å². The van der Waals surface area contributed by atoms with E-state index in [9.17, 15) is 4.79 Å². The lowest BCUT2D eigenvalue weighted by Crippen LogP contribution is -2.48. The predicted molar refractivity (Wildman–Crippen MR) is 101 cm³/mol. The van der Waals surface area contributed by atoms with Gasteiger partial charge < -0.3 is 15.0 Å². The number of hydrogen-bond donors (Lipinski definition) is 1. The molecule has 2 aliphatic heterocycles. The SMILES string of the molecule is CCOc1ccc(NC(=O)N2C3CCC2CC(n2cc(Cl)cn2)C3)cc1. The van der Waals surface area contributed by atoms with Gasteiger partial charge in [0.05, 0.1) is 23.9 Å². The second-order valence-electron chi connectivity index (χ2n) is 6.94. The van der Waals surface area contributed by atoms with Crippen molar-refractivity contribution in [1.82, 2.24) is 14.7 Å². The maximum atomic E-state index is 12.8. The van der Waals surface area contributed by atoms with Crippen molar-refractivity contribution >= 4 is 23.3 Å². The first-order valence-electron chi connectivity index (χ1n) is 9.16. The molecule has 1 N–H and O–H groups in total. The molecule has 1 aromatic heterocycles. The van der Waals surface area contributed by atoms with Crippen LogP contribution >= 0.6 is 11.6 Å². The van der Waals surface area contributed by atoms with Crippen LogP contribution in [0.2, 0.25) is 5.02 Å². The molecule has 1 aromatic carbocycles. The third kappa shape index (κ3) is 3.38. The highest BCUT2D eigenvalue weighted by Gasteiger charge is 2.44. The van der Waals surface area contributed by atoms with Gasteiger partial charge in [-0.1, -0.05) is 11.6 Å². The van der Waals surface area contributed by atoms with E-state index in [1.165, 1.54) is 0 Å². The average Bonchev–Trinajstić information content (AvgIpc) is 3.18. The molecule has 2 amide bonds. The number of carbonyl (C=O) groups excluding carboxylic acids is 1. The van der Waals surface area contributed by atoms with Crippen LogP contribution in [0.3, 0.4) is 0 Å². The van der Waals surface area contributed by atoms with E-state index in [0.29, 0.717) is 17.7 Å². The summed E-state index contributed by atoms with van der Waals surface area (Å²) in [4.78, 5) is 14.9. The smallest absolute Gasteiger partial charge is 0.322 e. The molecule has 2 atom stereocenters. The minimum absolute atomic E-state index is 0.0152. The number of ether oxygens (including phenoxy) is 1. The fourth-order valence-corrected chi connectivity index (χ4v) is 4.34. The summed E-state index contributed by atoms with van der Waals surface area (Å²) in [6.07, 6.45) is 7.49. The molecule has 2 fully saturated rings. The molecule has 3 heterocycles. The summed E-state index contributed by atoms with van der Waals surface area (Å²) in [5.41, 5.74) is 0.791. The number of aromatic nitrogens is 2. The zero-order valence-corrected chi connectivity index (χ0v) is 15.5. The summed E-state index contributed by atoms with van der Waals surface area (Å²) in [5, 5.41) is 8.04. The summed E-state index contributed by atoms with van der Waals surface area (Å²) in [6, 6.07) is 8.32. The molecule has 26 heavy (non-hydrogen) atoms. The number of halogens is 1. The summed E-state index contributed by atoms with van der Waals surface area (Å²) in [6.45, 7) is 2.58. The molecule has 2 saturated heterocycles. The first-order chi connectivity index (χ1) is 12.6. The fourth-order valence-electron chi connectivity index (χ4n) is 4.20. The quantitative estimate of drug-likeness (QED) is 0.866. The van der Waals surface area contributed by atoms with Gasteiger partial charge in [0.25, 0.3) is 0 Å². The Morgan fingerprint density at radius 3 is 2.50 bits per heavy atom. The molecule has 2 unspecified atom stereocenters. The minimum atomic E-state index is -0.0152. The minimum Gasteiger partial charge on any atom is -0.494 e. The summed E-state index contributed by atoms with van der Waals surface area (Å²) < 4.78 is 7.39. The van der Waals surface area contributed by atoms with E-state index >= 15 is 0 Å². The number of piperidine rings is 1. The van der Waals surface area contributed by atoms with Crippen LogP contribution in [-0.4, -0.2) is 39.4 Å². The first-order valence-corrected chi connectivity index (χ1v) is 9.53. The normalized spacial score (nSPS) is 24.5. The highest BCUT2D eigenvalue weighted by molar-refractivity contribution is 6.30. The molecule has 0 saturated carbocycles. The van der Waals surface area contributed by atoms with E-state index < -0.39 is 0 Å². The van der Waals surface area contributed by atoms with Gasteiger partial charge in [0.2, 0.25) is 0 Å². The van der Waals surface area contributed by atoms with Crippen molar-refractivity contribution in [3.63, 3.8) is 0 Å². The van der Waals surface area contributed by atoms with Crippen molar-refractivity contribution in [3.8, 4) is 5.75 Å². The van der Waals surface area contributed by atoms with Crippen LogP contribution in [0, 0.1) is 0 Å². The maximum absolute atomic E-state index is 12.8. The second kappa shape index (κ2) is 7.19. The Balaban J connectivity index is 1.41. The Kier molecular flexibility index (Phi) is 4.76. The van der Waals surface area contributed by atoms with Gasteiger partial charge in [-0.3, -0.25) is 4.68 Å². The fraction of sp³-hybridized carbons (Fsp3) is 0.474. The number of benzene rings is 1. The molecule has 0 spiro atoms. The van der Waals surface area contributed by atoms with Gasteiger partial charge in [-0.2, -0.15) is 5.10 Å². The van der Waals surface area contributed by atoms with Gasteiger partial charge >= 0.3 is 6.03 Å². The number of urea groups is 1. The van der Waals surface area contributed by atoms with Crippen LogP contribution in [0.1, 0.15) is 38.6 Å². The number of anilines is 1. The molecule has 7 heteroatoms. The van der Waals surface area contributed by atoms with Gasteiger partial charge in [-0.15, -0.1) is 0 Å². The van der Waals surface area contributed by atoms with Crippen LogP contribution in [0.15, 0.2) is 36.7 Å². The molecule has 0 aliphatic carbocycles. The third-order valence-electron chi connectivity index (χ3n) is 5.30. The molecule has 138 valence electrons. The van der Waals surface area contributed by atoms with E-state index in [2.05, 4.69) is 10.4 Å². The van der Waals surface area contributed by atoms with E-state index in [-0.39, 0.29) is 18.1 Å². The van der Waals surface area contributed by atoms with Crippen LogP contribution < -0.4 is 10.1 Å². The maximum Gasteiger partial charge on any atom is 0.322 e. The van der Waals surface area contributed by atoms with Crippen molar-refractivity contribution in [2.24, 2.45) is 0 Å². The Bertz CT molecular complexity index is 762. The Labute approximate surface area is 158 Å². The molecular weight excluding hydrogens is 352 g/mol. The molecular formula is C19H23ClN4O2. The number of amides is 2. The topological polar surface area (TPSA) is 59.4 Å². The van der Waals surface area contributed by atoms with Crippen molar-refractivity contribution < 1.29 is 9.53 Å². The lowest BCUT2D eigenvalue weighted by atomic mass is 9.98. The molecule has 2 bridgehead atoms. The van der Waals surface area contributed by atoms with Gasteiger partial charge in [0.1, 0.15) is 5.75 Å². The third-order valence-corrected chi connectivity index (χ3v) is 5.50. The van der Waals surface area contributed by atoms with Gasteiger partial charge in [-0.05, 0) is 56.9 Å². The lowest BCUT2D eigenvalue weighted by Gasteiger charge is -2.38. The van der Waals surface area contributed by atoms with E-state index in [1.807, 2.05) is 47.0 Å². The Morgan fingerprint density at radius 2 is 1.92 bits per heavy atom. The number of nitrogens with one attached hydrogen (secondary N) is 1. The number of hydrogen-bond acceptors (Lipinski definition) is 3. The van der Waals surface area contributed by atoms with E-state index in [0.717, 1.165) is 37.1 Å². The number of rotatable bonds is 4. The number of fused-ring (bicyclic) bond motifs is 2. The zero-order valence-electron chi connectivity index (χ0n) is 14.8. The Morgan fingerprint density at radius 1 is 1.23 bits per heavy atom. The standard InChI is InChI=1S/C19H23ClN4O2/c1-2-26-18-7-3-14(4-8-18)22-19(25)24-15-5-6-16(24)10-17(9-15)23-12-13(20)11-21-23/h3-4,7-8,11-12,15-17H,2,5-6,9-10H2,1H3,(H,22,25). The average molecular weight is 375 g/mol. The first kappa shape index (κ1) is 17.2. The molecule has 2 aliphatic rings. The molecule has 4 rings (SSSR count). The van der Waals surface area contributed by atoms with Gasteiger partial charge in [0.15, 0.2) is 0 Å². The highest BCUT2D eigenvalue weighted by Crippen LogP contribution is 2.41. The summed E-state index contributed by atoms with van der Waals surface area (Å²) >= 11 is 6.00. The molecule has 0 radical (unpaired) electrons. The molecule has 6 nitrogen and oxygen atoms in total. The zero-order chi connectivity index (χ0) is 18.1. The Hall–Kier alpha value is -2.21.